The Morgan fingerprint density at radius 3 is 2.53 bits per heavy atom. The molecule has 0 unspecified atom stereocenters. The number of amides is 2. The lowest BCUT2D eigenvalue weighted by Gasteiger charge is -2.32. The topological polar surface area (TPSA) is 99.6 Å². The summed E-state index contributed by atoms with van der Waals surface area (Å²) in [6.45, 7) is 3.90. The third-order valence-corrected chi connectivity index (χ3v) is 7.54. The van der Waals surface area contributed by atoms with Crippen LogP contribution < -0.4 is 10.2 Å². The molecule has 2 aliphatic rings. The monoisotopic (exact) mass is 511 g/mol. The number of aromatic nitrogens is 1. The van der Waals surface area contributed by atoms with Gasteiger partial charge in [0.25, 0.3) is 0 Å². The Bertz CT molecular complexity index is 1380. The molecule has 1 aromatic heterocycles. The average Bonchev–Trinajstić information content (AvgIpc) is 3.69. The van der Waals surface area contributed by atoms with Crippen LogP contribution in [0.15, 0.2) is 54.9 Å². The molecule has 196 valence electrons. The van der Waals surface area contributed by atoms with Gasteiger partial charge in [0.2, 0.25) is 11.8 Å². The number of carboxylic acid groups (broad SMARTS) is 1. The Labute approximate surface area is 222 Å². The van der Waals surface area contributed by atoms with Gasteiger partial charge in [-0.3, -0.25) is 19.4 Å². The summed E-state index contributed by atoms with van der Waals surface area (Å²) in [6, 6.07) is 13.3. The number of rotatable bonds is 9. The molecule has 2 aromatic carbocycles. The lowest BCUT2D eigenvalue weighted by molar-refractivity contribution is -0.137. The summed E-state index contributed by atoms with van der Waals surface area (Å²) in [6.07, 6.45) is 7.39. The zero-order valence-corrected chi connectivity index (χ0v) is 21.9. The molecule has 0 saturated heterocycles. The van der Waals surface area contributed by atoms with Gasteiger partial charge < -0.3 is 15.3 Å². The number of carboxylic acids is 1. The van der Waals surface area contributed by atoms with Gasteiger partial charge >= 0.3 is 5.97 Å². The van der Waals surface area contributed by atoms with E-state index >= 15 is 0 Å². The van der Waals surface area contributed by atoms with Crippen molar-refractivity contribution in [3.63, 3.8) is 0 Å². The van der Waals surface area contributed by atoms with E-state index in [1.165, 1.54) is 12.8 Å². The van der Waals surface area contributed by atoms with Gasteiger partial charge in [0, 0.05) is 24.4 Å². The molecule has 3 aromatic rings. The van der Waals surface area contributed by atoms with E-state index in [0.717, 1.165) is 45.5 Å². The van der Waals surface area contributed by atoms with Crippen LogP contribution in [0.4, 0.5) is 5.69 Å². The number of nitrogens with zero attached hydrogens (tertiary/aromatic N) is 2. The molecule has 1 fully saturated rings. The minimum absolute atomic E-state index is 0.0793. The molecule has 5 rings (SSSR count). The minimum Gasteiger partial charge on any atom is -0.481 e. The predicted molar refractivity (Wildman–Crippen MR) is 146 cm³/mol. The first-order chi connectivity index (χ1) is 18.3. The van der Waals surface area contributed by atoms with Crippen LogP contribution in [0.1, 0.15) is 59.5 Å². The van der Waals surface area contributed by atoms with Crippen LogP contribution in [0.5, 0.6) is 0 Å². The molecule has 2 heterocycles. The van der Waals surface area contributed by atoms with E-state index in [0.29, 0.717) is 24.3 Å². The van der Waals surface area contributed by atoms with Gasteiger partial charge in [0.05, 0.1) is 18.2 Å². The largest absolute Gasteiger partial charge is 0.481 e. The highest BCUT2D eigenvalue weighted by Crippen LogP contribution is 2.38. The second kappa shape index (κ2) is 10.8. The molecule has 1 saturated carbocycles. The standard InChI is InChI=1S/C31H33N3O4/c1-19-5-3-6-20(2)30(19)25-14-24(16-32-17-25)26(15-29(37)38)33-27(35)18-34-28(36)12-11-22-7-4-8-23(31(22)34)13-21-9-10-21/h3-8,14,16-17,21,26H,9-13,15,18H2,1-2H3,(H,33,35)(H,37,38)/t26-/m0/s1. The summed E-state index contributed by atoms with van der Waals surface area (Å²) in [4.78, 5) is 44.0. The number of benzene rings is 2. The second-order valence-electron chi connectivity index (χ2n) is 10.5. The normalized spacial score (nSPS) is 15.6. The molecule has 0 radical (unpaired) electrons. The van der Waals surface area contributed by atoms with Gasteiger partial charge in [-0.05, 0) is 84.9 Å². The van der Waals surface area contributed by atoms with E-state index in [1.807, 2.05) is 50.2 Å². The van der Waals surface area contributed by atoms with Crippen LogP contribution in [0.25, 0.3) is 11.1 Å². The van der Waals surface area contributed by atoms with Gasteiger partial charge in [0.15, 0.2) is 0 Å². The van der Waals surface area contributed by atoms with Crippen LogP contribution in [-0.4, -0.2) is 34.4 Å². The van der Waals surface area contributed by atoms with Crippen molar-refractivity contribution in [2.45, 2.75) is 58.4 Å². The smallest absolute Gasteiger partial charge is 0.305 e. The molecule has 38 heavy (non-hydrogen) atoms. The number of para-hydroxylation sites is 1. The highest BCUT2D eigenvalue weighted by atomic mass is 16.4. The lowest BCUT2D eigenvalue weighted by Crippen LogP contribution is -2.44. The Morgan fingerprint density at radius 1 is 1.08 bits per heavy atom. The van der Waals surface area contributed by atoms with Gasteiger partial charge in [-0.15, -0.1) is 0 Å². The van der Waals surface area contributed by atoms with Crippen LogP contribution in [0.3, 0.4) is 0 Å². The van der Waals surface area contributed by atoms with E-state index in [-0.39, 0.29) is 18.9 Å². The van der Waals surface area contributed by atoms with Crippen LogP contribution in [0, 0.1) is 19.8 Å². The quantitative estimate of drug-likeness (QED) is 0.424. The Balaban J connectivity index is 1.40. The van der Waals surface area contributed by atoms with E-state index in [9.17, 15) is 19.5 Å². The number of aliphatic carboxylic acids is 1. The minimum atomic E-state index is -1.03. The molecule has 1 aliphatic heterocycles. The van der Waals surface area contributed by atoms with E-state index < -0.39 is 17.9 Å². The maximum atomic E-state index is 13.3. The number of aryl methyl sites for hydroxylation is 3. The van der Waals surface area contributed by atoms with Gasteiger partial charge in [-0.25, -0.2) is 0 Å². The van der Waals surface area contributed by atoms with Crippen molar-refractivity contribution in [1.29, 1.82) is 0 Å². The summed E-state index contributed by atoms with van der Waals surface area (Å²) in [5.74, 6) is -0.856. The van der Waals surface area contributed by atoms with Crippen LogP contribution >= 0.6 is 0 Å². The molecule has 7 nitrogen and oxygen atoms in total. The SMILES string of the molecule is Cc1cccc(C)c1-c1cncc([C@H](CC(=O)O)NC(=O)CN2C(=O)CCc3cccc(CC4CC4)c32)c1. The molecule has 1 atom stereocenters. The van der Waals surface area contributed by atoms with Crippen molar-refractivity contribution in [3.8, 4) is 11.1 Å². The number of fused-ring (bicyclic) bond motifs is 1. The molecule has 7 heteroatoms. The van der Waals surface area contributed by atoms with E-state index in [4.69, 9.17) is 0 Å². The predicted octanol–water partition coefficient (Wildman–Crippen LogP) is 4.93. The van der Waals surface area contributed by atoms with E-state index in [2.05, 4.69) is 16.4 Å². The number of hydrogen-bond acceptors (Lipinski definition) is 4. The summed E-state index contributed by atoms with van der Waals surface area (Å²) in [5, 5.41) is 12.5. The fourth-order valence-corrected chi connectivity index (χ4v) is 5.52. The number of carbonyl (C=O) groups excluding carboxylic acids is 2. The number of anilines is 1. The van der Waals surface area contributed by atoms with E-state index in [1.54, 1.807) is 17.3 Å². The number of nitrogens with one attached hydrogen (secondary N) is 1. The number of carbonyl (C=O) groups is 3. The first kappa shape index (κ1) is 25.6. The molecule has 2 amide bonds. The third-order valence-electron chi connectivity index (χ3n) is 7.54. The first-order valence-electron chi connectivity index (χ1n) is 13.2. The fourth-order valence-electron chi connectivity index (χ4n) is 5.52. The Kier molecular flexibility index (Phi) is 7.27. The second-order valence-corrected chi connectivity index (χ2v) is 10.5. The number of hydrogen-bond donors (Lipinski definition) is 2. The summed E-state index contributed by atoms with van der Waals surface area (Å²) in [5.41, 5.74) is 7.76. The Hall–Kier alpha value is -4.00. The number of pyridine rings is 1. The molecular weight excluding hydrogens is 478 g/mol. The van der Waals surface area contributed by atoms with Gasteiger partial charge in [0.1, 0.15) is 6.54 Å². The van der Waals surface area contributed by atoms with Crippen molar-refractivity contribution in [2.75, 3.05) is 11.4 Å². The summed E-state index contributed by atoms with van der Waals surface area (Å²) in [7, 11) is 0. The molecule has 1 aliphatic carbocycles. The molecule has 2 N–H and O–H groups in total. The Morgan fingerprint density at radius 2 is 1.82 bits per heavy atom. The highest BCUT2D eigenvalue weighted by Gasteiger charge is 2.31. The summed E-state index contributed by atoms with van der Waals surface area (Å²) < 4.78 is 0. The average molecular weight is 512 g/mol. The summed E-state index contributed by atoms with van der Waals surface area (Å²) >= 11 is 0. The van der Waals surface area contributed by atoms with Crippen molar-refractivity contribution in [3.05, 3.63) is 82.7 Å². The van der Waals surface area contributed by atoms with Crippen LogP contribution in [0.2, 0.25) is 0 Å². The van der Waals surface area contributed by atoms with Crippen LogP contribution in [-0.2, 0) is 27.2 Å². The maximum absolute atomic E-state index is 13.3. The van der Waals surface area contributed by atoms with Crippen molar-refractivity contribution in [1.82, 2.24) is 10.3 Å². The van der Waals surface area contributed by atoms with Gasteiger partial charge in [-0.2, -0.15) is 0 Å². The fraction of sp³-hybridized carbons (Fsp3) is 0.355. The zero-order valence-electron chi connectivity index (χ0n) is 21.9. The third kappa shape index (κ3) is 5.62. The zero-order chi connectivity index (χ0) is 26.8. The van der Waals surface area contributed by atoms with Crippen molar-refractivity contribution in [2.24, 2.45) is 5.92 Å². The van der Waals surface area contributed by atoms with Gasteiger partial charge in [-0.1, -0.05) is 36.4 Å². The molecule has 0 bridgehead atoms. The molecular formula is C31H33N3O4. The maximum Gasteiger partial charge on any atom is 0.305 e. The lowest BCUT2D eigenvalue weighted by atomic mass is 9.94. The first-order valence-corrected chi connectivity index (χ1v) is 13.2. The highest BCUT2D eigenvalue weighted by molar-refractivity contribution is 6.01. The van der Waals surface area contributed by atoms with Crippen molar-refractivity contribution < 1.29 is 19.5 Å². The van der Waals surface area contributed by atoms with Crippen molar-refractivity contribution >= 4 is 23.5 Å². The molecule has 0 spiro atoms.